The highest BCUT2D eigenvalue weighted by molar-refractivity contribution is 6.32. The second-order valence-electron chi connectivity index (χ2n) is 7.89. The summed E-state index contributed by atoms with van der Waals surface area (Å²) in [6, 6.07) is 15.5. The number of hydrogen-bond donors (Lipinski definition) is 1. The van der Waals surface area contributed by atoms with Gasteiger partial charge in [-0.25, -0.2) is 0 Å². The molecule has 1 aliphatic rings. The first-order chi connectivity index (χ1) is 16.5. The van der Waals surface area contributed by atoms with E-state index in [1.54, 1.807) is 13.4 Å². The molecule has 2 aromatic carbocycles. The van der Waals surface area contributed by atoms with E-state index in [2.05, 4.69) is 15.1 Å². The zero-order chi connectivity index (χ0) is 24.1. The van der Waals surface area contributed by atoms with Crippen molar-refractivity contribution in [3.05, 3.63) is 87.3 Å². The highest BCUT2D eigenvalue weighted by Crippen LogP contribution is 2.27. The molecule has 4 rings (SSSR count). The molecular formula is C24H25ClN4O5. The number of amides is 1. The topological polar surface area (TPSA) is 101 Å². The molecule has 1 fully saturated rings. The predicted octanol–water partition coefficient (Wildman–Crippen LogP) is 4.14. The fourth-order valence-electron chi connectivity index (χ4n) is 4.06. The third-order valence-electron chi connectivity index (χ3n) is 5.93. The third-order valence-corrected chi connectivity index (χ3v) is 6.24. The van der Waals surface area contributed by atoms with Crippen LogP contribution in [0.3, 0.4) is 0 Å². The minimum atomic E-state index is -0.604. The number of methoxy groups -OCH3 is 1. The number of rotatable bonds is 8. The number of furan rings is 1. The van der Waals surface area contributed by atoms with Crippen LogP contribution in [-0.2, 0) is 0 Å². The molecule has 34 heavy (non-hydrogen) atoms. The molecule has 10 heteroatoms. The fourth-order valence-corrected chi connectivity index (χ4v) is 4.25. The summed E-state index contributed by atoms with van der Waals surface area (Å²) in [5.74, 6) is 1.16. The summed E-state index contributed by atoms with van der Waals surface area (Å²) in [6.45, 7) is 3.49. The number of carbonyl (C=O) groups is 1. The van der Waals surface area contributed by atoms with Crippen molar-refractivity contribution < 1.29 is 18.9 Å². The van der Waals surface area contributed by atoms with Crippen LogP contribution in [0.25, 0.3) is 0 Å². The summed E-state index contributed by atoms with van der Waals surface area (Å²) >= 11 is 5.86. The molecule has 1 N–H and O–H groups in total. The van der Waals surface area contributed by atoms with E-state index in [1.165, 1.54) is 18.2 Å². The van der Waals surface area contributed by atoms with Crippen LogP contribution < -0.4 is 15.0 Å². The maximum atomic E-state index is 12.7. The quantitative estimate of drug-likeness (QED) is 0.378. The summed E-state index contributed by atoms with van der Waals surface area (Å²) in [6.07, 6.45) is 1.61. The van der Waals surface area contributed by atoms with Crippen molar-refractivity contribution in [2.75, 3.05) is 44.7 Å². The van der Waals surface area contributed by atoms with Crippen LogP contribution in [0.4, 0.5) is 11.4 Å². The van der Waals surface area contributed by atoms with Crippen molar-refractivity contribution in [2.45, 2.75) is 6.04 Å². The lowest BCUT2D eigenvalue weighted by molar-refractivity contribution is -0.384. The molecular weight excluding hydrogens is 460 g/mol. The first-order valence-corrected chi connectivity index (χ1v) is 11.2. The molecule has 1 aromatic heterocycles. The number of piperazine rings is 1. The molecule has 2 heterocycles. The molecule has 1 saturated heterocycles. The van der Waals surface area contributed by atoms with Gasteiger partial charge in [0, 0.05) is 50.0 Å². The Morgan fingerprint density at radius 1 is 1.18 bits per heavy atom. The standard InChI is InChI=1S/C24H25ClN4O5/c1-33-19-7-5-18(6-8-19)27-10-12-28(13-11-27)22(23-3-2-14-34-23)16-26-24(30)17-4-9-20(25)21(15-17)29(31)32/h2-9,14-15,22H,10-13,16H2,1H3,(H,26,30). The van der Waals surface area contributed by atoms with Crippen LogP contribution in [0, 0.1) is 10.1 Å². The number of nitrogens with one attached hydrogen (secondary N) is 1. The van der Waals surface area contributed by atoms with Gasteiger partial charge in [-0.3, -0.25) is 19.8 Å². The molecule has 0 bridgehead atoms. The number of ether oxygens (including phenoxy) is 1. The SMILES string of the molecule is COc1ccc(N2CCN(C(CNC(=O)c3ccc(Cl)c([N+](=O)[O-])c3)c3ccco3)CC2)cc1. The second kappa shape index (κ2) is 10.6. The molecule has 178 valence electrons. The molecule has 0 radical (unpaired) electrons. The average Bonchev–Trinajstić information content (AvgIpc) is 3.39. The Bertz CT molecular complexity index is 1130. The Balaban J connectivity index is 1.41. The van der Waals surface area contributed by atoms with Crippen LogP contribution in [-0.4, -0.2) is 55.6 Å². The van der Waals surface area contributed by atoms with E-state index in [1.807, 2.05) is 36.4 Å². The molecule has 1 unspecified atom stereocenters. The van der Waals surface area contributed by atoms with Crippen molar-refractivity contribution >= 4 is 28.9 Å². The molecule has 1 atom stereocenters. The number of carbonyl (C=O) groups excluding carboxylic acids is 1. The average molecular weight is 485 g/mol. The third kappa shape index (κ3) is 5.32. The predicted molar refractivity (Wildman–Crippen MR) is 129 cm³/mol. The normalized spacial score (nSPS) is 15.1. The highest BCUT2D eigenvalue weighted by atomic mass is 35.5. The van der Waals surface area contributed by atoms with E-state index in [9.17, 15) is 14.9 Å². The molecule has 0 saturated carbocycles. The smallest absolute Gasteiger partial charge is 0.288 e. The minimum absolute atomic E-state index is 0.00950. The van der Waals surface area contributed by atoms with Crippen LogP contribution in [0.5, 0.6) is 5.75 Å². The Morgan fingerprint density at radius 3 is 2.53 bits per heavy atom. The van der Waals surface area contributed by atoms with Crippen molar-refractivity contribution in [1.29, 1.82) is 0 Å². The number of anilines is 1. The van der Waals surface area contributed by atoms with E-state index < -0.39 is 10.8 Å². The summed E-state index contributed by atoms with van der Waals surface area (Å²) < 4.78 is 10.9. The van der Waals surface area contributed by atoms with E-state index in [0.29, 0.717) is 6.54 Å². The molecule has 0 aliphatic carbocycles. The number of nitrogens with zero attached hydrogens (tertiary/aromatic N) is 3. The maximum Gasteiger partial charge on any atom is 0.288 e. The van der Waals surface area contributed by atoms with Gasteiger partial charge in [-0.1, -0.05) is 11.6 Å². The van der Waals surface area contributed by atoms with Gasteiger partial charge in [-0.2, -0.15) is 0 Å². The van der Waals surface area contributed by atoms with Crippen molar-refractivity contribution in [3.63, 3.8) is 0 Å². The first-order valence-electron chi connectivity index (χ1n) is 10.8. The van der Waals surface area contributed by atoms with Crippen molar-refractivity contribution in [1.82, 2.24) is 10.2 Å². The number of nitro groups is 1. The maximum absolute atomic E-state index is 12.7. The summed E-state index contributed by atoms with van der Waals surface area (Å²) in [7, 11) is 1.65. The zero-order valence-electron chi connectivity index (χ0n) is 18.6. The van der Waals surface area contributed by atoms with Crippen molar-refractivity contribution in [3.8, 4) is 5.75 Å². The largest absolute Gasteiger partial charge is 0.497 e. The van der Waals surface area contributed by atoms with Gasteiger partial charge in [-0.15, -0.1) is 0 Å². The first kappa shape index (κ1) is 23.6. The van der Waals surface area contributed by atoms with Crippen LogP contribution in [0.15, 0.2) is 65.3 Å². The van der Waals surface area contributed by atoms with Gasteiger partial charge in [0.25, 0.3) is 11.6 Å². The van der Waals surface area contributed by atoms with Gasteiger partial charge in [0.15, 0.2) is 0 Å². The van der Waals surface area contributed by atoms with Crippen LogP contribution in [0.1, 0.15) is 22.2 Å². The lowest BCUT2D eigenvalue weighted by Gasteiger charge is -2.39. The van der Waals surface area contributed by atoms with E-state index >= 15 is 0 Å². The fraction of sp³-hybridized carbons (Fsp3) is 0.292. The number of hydrogen-bond acceptors (Lipinski definition) is 7. The molecule has 1 aliphatic heterocycles. The van der Waals surface area contributed by atoms with E-state index in [0.717, 1.165) is 43.4 Å². The number of nitro benzene ring substituents is 1. The Hall–Kier alpha value is -3.56. The molecule has 1 amide bonds. The second-order valence-corrected chi connectivity index (χ2v) is 8.29. The van der Waals surface area contributed by atoms with Gasteiger partial charge >= 0.3 is 0 Å². The van der Waals surface area contributed by atoms with Crippen LogP contribution in [0.2, 0.25) is 5.02 Å². The number of halogens is 1. The van der Waals surface area contributed by atoms with Gasteiger partial charge in [0.1, 0.15) is 16.5 Å². The van der Waals surface area contributed by atoms with Gasteiger partial charge < -0.3 is 19.4 Å². The Labute approximate surface area is 202 Å². The van der Waals surface area contributed by atoms with Crippen LogP contribution >= 0.6 is 11.6 Å². The lowest BCUT2D eigenvalue weighted by Crippen LogP contribution is -2.49. The van der Waals surface area contributed by atoms with Gasteiger partial charge in [0.05, 0.1) is 24.3 Å². The summed E-state index contributed by atoms with van der Waals surface area (Å²) in [5.41, 5.74) is 1.01. The lowest BCUT2D eigenvalue weighted by atomic mass is 10.1. The van der Waals surface area contributed by atoms with E-state index in [4.69, 9.17) is 20.8 Å². The van der Waals surface area contributed by atoms with E-state index in [-0.39, 0.29) is 22.3 Å². The minimum Gasteiger partial charge on any atom is -0.497 e. The molecule has 0 spiro atoms. The van der Waals surface area contributed by atoms with Gasteiger partial charge in [-0.05, 0) is 48.5 Å². The molecule has 9 nitrogen and oxygen atoms in total. The monoisotopic (exact) mass is 484 g/mol. The Morgan fingerprint density at radius 2 is 1.91 bits per heavy atom. The summed E-state index contributed by atoms with van der Waals surface area (Å²) in [4.78, 5) is 27.8. The van der Waals surface area contributed by atoms with Crippen molar-refractivity contribution in [2.24, 2.45) is 0 Å². The zero-order valence-corrected chi connectivity index (χ0v) is 19.4. The number of benzene rings is 2. The summed E-state index contributed by atoms with van der Waals surface area (Å²) in [5, 5.41) is 14.0. The Kier molecular flexibility index (Phi) is 7.34. The molecule has 3 aromatic rings. The van der Waals surface area contributed by atoms with Gasteiger partial charge in [0.2, 0.25) is 0 Å². The highest BCUT2D eigenvalue weighted by Gasteiger charge is 2.28.